The minimum absolute atomic E-state index is 0.0556. The van der Waals surface area contributed by atoms with E-state index >= 15 is 0 Å². The van der Waals surface area contributed by atoms with E-state index in [1.165, 1.54) is 32.0 Å². The molecule has 0 aliphatic carbocycles. The summed E-state index contributed by atoms with van der Waals surface area (Å²) in [7, 11) is 0. The van der Waals surface area contributed by atoms with Crippen molar-refractivity contribution in [3.63, 3.8) is 0 Å². The van der Waals surface area contributed by atoms with Crippen LogP contribution in [0.25, 0.3) is 0 Å². The lowest BCUT2D eigenvalue weighted by Gasteiger charge is -2.21. The molecule has 0 saturated carbocycles. The van der Waals surface area contributed by atoms with Crippen molar-refractivity contribution in [1.82, 2.24) is 0 Å². The topological polar surface area (TPSA) is 46.5 Å². The maximum absolute atomic E-state index is 13.1. The van der Waals surface area contributed by atoms with Crippen molar-refractivity contribution in [2.24, 2.45) is 0 Å². The van der Waals surface area contributed by atoms with Gasteiger partial charge in [0.1, 0.15) is 0 Å². The Hall–Kier alpha value is -1.58. The molecule has 1 rings (SSSR count). The summed E-state index contributed by atoms with van der Waals surface area (Å²) in [4.78, 5) is 10.7. The predicted octanol–water partition coefficient (Wildman–Crippen LogP) is 2.07. The van der Waals surface area contributed by atoms with Crippen molar-refractivity contribution < 1.29 is 19.0 Å². The lowest BCUT2D eigenvalue weighted by Crippen LogP contribution is -2.38. The molecule has 0 aliphatic rings. The number of aliphatic carboxylic acids is 1. The highest BCUT2D eigenvalue weighted by molar-refractivity contribution is 5.76. The van der Waals surface area contributed by atoms with Gasteiger partial charge in [-0.25, -0.2) is 9.18 Å². The van der Waals surface area contributed by atoms with E-state index in [4.69, 9.17) is 9.84 Å². The van der Waals surface area contributed by atoms with Gasteiger partial charge in [-0.1, -0.05) is 12.1 Å². The molecular formula is C10H11FO3. The summed E-state index contributed by atoms with van der Waals surface area (Å²) in [6.07, 6.45) is 0. The van der Waals surface area contributed by atoms with E-state index in [9.17, 15) is 9.18 Å². The van der Waals surface area contributed by atoms with Crippen molar-refractivity contribution in [2.75, 3.05) is 0 Å². The molecule has 0 unspecified atom stereocenters. The largest absolute Gasteiger partial charge is 0.478 e. The van der Waals surface area contributed by atoms with Crippen LogP contribution >= 0.6 is 0 Å². The van der Waals surface area contributed by atoms with E-state index in [2.05, 4.69) is 0 Å². The molecule has 1 aromatic carbocycles. The zero-order chi connectivity index (χ0) is 10.8. The zero-order valence-corrected chi connectivity index (χ0v) is 7.95. The molecule has 0 fully saturated rings. The molecule has 0 aliphatic heterocycles. The van der Waals surface area contributed by atoms with Crippen molar-refractivity contribution in [3.05, 3.63) is 30.1 Å². The predicted molar refractivity (Wildman–Crippen MR) is 48.7 cm³/mol. The highest BCUT2D eigenvalue weighted by atomic mass is 19.1. The van der Waals surface area contributed by atoms with Gasteiger partial charge in [0.15, 0.2) is 17.2 Å². The number of ether oxygens (including phenoxy) is 1. The van der Waals surface area contributed by atoms with Crippen LogP contribution in [0.4, 0.5) is 4.39 Å². The van der Waals surface area contributed by atoms with Gasteiger partial charge in [0, 0.05) is 0 Å². The van der Waals surface area contributed by atoms with Crippen LogP contribution in [0.5, 0.6) is 5.75 Å². The molecule has 14 heavy (non-hydrogen) atoms. The smallest absolute Gasteiger partial charge is 0.347 e. The number of halogens is 1. The molecule has 0 heterocycles. The third-order valence-electron chi connectivity index (χ3n) is 1.72. The monoisotopic (exact) mass is 198 g/mol. The summed E-state index contributed by atoms with van der Waals surface area (Å²) >= 11 is 0. The van der Waals surface area contributed by atoms with Crippen LogP contribution in [0.15, 0.2) is 24.3 Å². The Labute approximate surface area is 81.1 Å². The summed E-state index contributed by atoms with van der Waals surface area (Å²) in [5.74, 6) is -1.76. The van der Waals surface area contributed by atoms with E-state index in [0.29, 0.717) is 0 Å². The van der Waals surface area contributed by atoms with Crippen molar-refractivity contribution >= 4 is 5.97 Å². The van der Waals surface area contributed by atoms with Gasteiger partial charge in [-0.15, -0.1) is 0 Å². The van der Waals surface area contributed by atoms with Gasteiger partial charge in [-0.05, 0) is 26.0 Å². The first-order valence-corrected chi connectivity index (χ1v) is 4.10. The molecule has 1 aromatic rings. The first-order chi connectivity index (χ1) is 6.43. The second-order valence-corrected chi connectivity index (χ2v) is 3.35. The van der Waals surface area contributed by atoms with Crippen LogP contribution in [0, 0.1) is 5.82 Å². The molecule has 4 heteroatoms. The summed E-state index contributed by atoms with van der Waals surface area (Å²) in [6, 6.07) is 5.69. The number of hydrogen-bond acceptors (Lipinski definition) is 2. The fraction of sp³-hybridized carbons (Fsp3) is 0.300. The standard InChI is InChI=1S/C10H11FO3/c1-10(2,9(12)13)14-8-6-4-3-5-7(8)11/h3-6H,1-2H3,(H,12,13). The van der Waals surface area contributed by atoms with Gasteiger partial charge in [-0.2, -0.15) is 0 Å². The van der Waals surface area contributed by atoms with E-state index < -0.39 is 17.4 Å². The Morgan fingerprint density at radius 2 is 2.00 bits per heavy atom. The quantitative estimate of drug-likeness (QED) is 0.808. The normalized spacial score (nSPS) is 11.1. The van der Waals surface area contributed by atoms with Gasteiger partial charge in [0.2, 0.25) is 0 Å². The molecule has 0 atom stereocenters. The molecule has 1 N–H and O–H groups in total. The van der Waals surface area contributed by atoms with Crippen LogP contribution in [-0.2, 0) is 4.79 Å². The van der Waals surface area contributed by atoms with Gasteiger partial charge >= 0.3 is 5.97 Å². The minimum atomic E-state index is -1.43. The van der Waals surface area contributed by atoms with Gasteiger partial charge < -0.3 is 9.84 Å². The van der Waals surface area contributed by atoms with Crippen molar-refractivity contribution in [1.29, 1.82) is 0 Å². The second kappa shape index (κ2) is 3.65. The van der Waals surface area contributed by atoms with Gasteiger partial charge in [0.05, 0.1) is 0 Å². The number of carbonyl (C=O) groups is 1. The average molecular weight is 198 g/mol. The van der Waals surface area contributed by atoms with Crippen molar-refractivity contribution in [2.45, 2.75) is 19.4 Å². The first-order valence-electron chi connectivity index (χ1n) is 4.10. The second-order valence-electron chi connectivity index (χ2n) is 3.35. The number of carboxylic acid groups (broad SMARTS) is 1. The van der Waals surface area contributed by atoms with E-state index in [1.54, 1.807) is 6.07 Å². The molecule has 0 bridgehead atoms. The molecule has 0 spiro atoms. The van der Waals surface area contributed by atoms with E-state index in [1.807, 2.05) is 0 Å². The highest BCUT2D eigenvalue weighted by Gasteiger charge is 2.30. The maximum atomic E-state index is 13.1. The van der Waals surface area contributed by atoms with Crippen LogP contribution < -0.4 is 4.74 Å². The third-order valence-corrected chi connectivity index (χ3v) is 1.72. The highest BCUT2D eigenvalue weighted by Crippen LogP contribution is 2.21. The Morgan fingerprint density at radius 1 is 1.43 bits per heavy atom. The summed E-state index contributed by atoms with van der Waals surface area (Å²) < 4.78 is 18.1. The van der Waals surface area contributed by atoms with E-state index in [-0.39, 0.29) is 5.75 Å². The summed E-state index contributed by atoms with van der Waals surface area (Å²) in [6.45, 7) is 2.73. The zero-order valence-electron chi connectivity index (χ0n) is 7.95. The van der Waals surface area contributed by atoms with Gasteiger partial charge in [0.25, 0.3) is 0 Å². The molecule has 3 nitrogen and oxygen atoms in total. The lowest BCUT2D eigenvalue weighted by atomic mass is 10.1. The fourth-order valence-corrected chi connectivity index (χ4v) is 0.846. The molecule has 0 amide bonds. The minimum Gasteiger partial charge on any atom is -0.478 e. The summed E-state index contributed by atoms with van der Waals surface area (Å²) in [5.41, 5.74) is -1.43. The van der Waals surface area contributed by atoms with Crippen LogP contribution in [-0.4, -0.2) is 16.7 Å². The van der Waals surface area contributed by atoms with Crippen LogP contribution in [0.2, 0.25) is 0 Å². The molecular weight excluding hydrogens is 187 g/mol. The average Bonchev–Trinajstić information content (AvgIpc) is 2.08. The maximum Gasteiger partial charge on any atom is 0.347 e. The van der Waals surface area contributed by atoms with E-state index in [0.717, 1.165) is 0 Å². The van der Waals surface area contributed by atoms with Crippen LogP contribution in [0.1, 0.15) is 13.8 Å². The number of hydrogen-bond donors (Lipinski definition) is 1. The molecule has 0 radical (unpaired) electrons. The van der Waals surface area contributed by atoms with Crippen molar-refractivity contribution in [3.8, 4) is 5.75 Å². The number of benzene rings is 1. The molecule has 0 aromatic heterocycles. The Bertz CT molecular complexity index is 347. The lowest BCUT2D eigenvalue weighted by molar-refractivity contribution is -0.152. The Kier molecular flexibility index (Phi) is 2.74. The number of para-hydroxylation sites is 1. The SMILES string of the molecule is CC(C)(Oc1ccccc1F)C(=O)O. The number of carboxylic acids is 1. The number of rotatable bonds is 3. The summed E-state index contributed by atoms with van der Waals surface area (Å²) in [5, 5.41) is 8.75. The van der Waals surface area contributed by atoms with Crippen LogP contribution in [0.3, 0.4) is 0 Å². The first kappa shape index (κ1) is 10.5. The Balaban J connectivity index is 2.89. The fourth-order valence-electron chi connectivity index (χ4n) is 0.846. The molecule has 76 valence electrons. The van der Waals surface area contributed by atoms with Gasteiger partial charge in [-0.3, -0.25) is 0 Å². The Morgan fingerprint density at radius 3 is 2.50 bits per heavy atom. The third kappa shape index (κ3) is 2.22. The molecule has 0 saturated heterocycles.